The second-order valence-electron chi connectivity index (χ2n) is 13.0. The van der Waals surface area contributed by atoms with Gasteiger partial charge in [0.15, 0.2) is 0 Å². The second kappa shape index (κ2) is 16.5. The van der Waals surface area contributed by atoms with Crippen LogP contribution in [0.4, 0.5) is 22.5 Å². The summed E-state index contributed by atoms with van der Waals surface area (Å²) < 4.78 is 10.9. The van der Waals surface area contributed by atoms with E-state index >= 15 is 0 Å². The molecule has 2 aromatic carbocycles. The number of carbonyl (C=O) groups is 6. The number of likely N-dealkylation sites (N-methyl/N-ethyl adjacent to an activating group) is 1. The molecular weight excluding hydrogens is 879 g/mol. The molecule has 6 amide bonds. The number of imide groups is 2. The normalized spacial score (nSPS) is 17.4. The van der Waals surface area contributed by atoms with Gasteiger partial charge in [0.2, 0.25) is 0 Å². The van der Waals surface area contributed by atoms with Crippen LogP contribution >= 0.6 is 22.9 Å². The fraction of sp³-hybridized carbons (Fsp3) is 0.306. The number of fused-ring (bicyclic) bond motifs is 1. The van der Waals surface area contributed by atoms with Crippen LogP contribution in [0.15, 0.2) is 48.7 Å². The van der Waals surface area contributed by atoms with Gasteiger partial charge in [-0.1, -0.05) is 23.7 Å². The number of para-hydroxylation sites is 1. The van der Waals surface area contributed by atoms with Crippen molar-refractivity contribution in [3.05, 3.63) is 81.1 Å². The Labute approximate surface area is 340 Å². The molecule has 0 radical (unpaired) electrons. The van der Waals surface area contributed by atoms with Crippen LogP contribution < -0.4 is 45.6 Å². The average Bonchev–Trinajstić information content (AvgIpc) is 3.75. The van der Waals surface area contributed by atoms with Gasteiger partial charge in [0, 0.05) is 0 Å². The number of amides is 6. The summed E-state index contributed by atoms with van der Waals surface area (Å²) in [7, 11) is 1.33. The van der Waals surface area contributed by atoms with Gasteiger partial charge in [-0.25, -0.2) is 0 Å². The summed E-state index contributed by atoms with van der Waals surface area (Å²) in [5.41, 5.74) is 1.47. The van der Waals surface area contributed by atoms with Gasteiger partial charge in [0.05, 0.1) is 10.7 Å². The van der Waals surface area contributed by atoms with E-state index in [1.807, 2.05) is 25.1 Å². The molecule has 3 aliphatic heterocycles. The number of thiazole rings is 1. The van der Waals surface area contributed by atoms with E-state index in [0.717, 1.165) is 21.2 Å². The molecule has 3 N–H and O–H groups in total. The number of aromatic nitrogens is 3. The number of halogens is 2. The molecule has 5 heterocycles. The molecule has 3 aliphatic rings. The van der Waals surface area contributed by atoms with E-state index in [1.165, 1.54) is 36.7 Å². The third-order valence-electron chi connectivity index (χ3n) is 9.27. The number of nitrogens with zero attached hydrogens (tertiary/aromatic N) is 7. The zero-order valence-electron chi connectivity index (χ0n) is 30.3. The number of hydrogen-bond acceptors (Lipinski definition) is 14. The van der Waals surface area contributed by atoms with Crippen molar-refractivity contribution >= 4 is 80.8 Å². The number of nitrogens with one attached hydrogen (secondary N) is 3. The Morgan fingerprint density at radius 3 is 2.55 bits per heavy atom. The first-order valence-electron chi connectivity index (χ1n) is 17.4. The topological polar surface area (TPSA) is 199 Å². The molecule has 0 bridgehead atoms. The molecule has 4 aromatic rings. The first kappa shape index (κ1) is 39.0. The van der Waals surface area contributed by atoms with Crippen molar-refractivity contribution in [2.24, 2.45) is 0 Å². The minimum absolute atomic E-state index is 0.00903. The summed E-state index contributed by atoms with van der Waals surface area (Å²) in [6.45, 7) is 5.95. The van der Waals surface area contributed by atoms with Crippen molar-refractivity contribution < 1.29 is 55.3 Å². The number of piperazine rings is 1. The molecule has 292 valence electrons. The molecule has 2 aromatic heterocycles. The van der Waals surface area contributed by atoms with Crippen LogP contribution in [0.5, 0.6) is 5.75 Å². The van der Waals surface area contributed by atoms with Crippen molar-refractivity contribution in [1.29, 1.82) is 0 Å². The molecule has 0 spiro atoms. The van der Waals surface area contributed by atoms with E-state index in [1.54, 1.807) is 19.1 Å². The van der Waals surface area contributed by atoms with Gasteiger partial charge in [-0.15, -0.1) is 0 Å². The van der Waals surface area contributed by atoms with Crippen molar-refractivity contribution in [2.45, 2.75) is 32.7 Å². The quantitative estimate of drug-likeness (QED) is 0.105. The molecule has 17 nitrogen and oxygen atoms in total. The van der Waals surface area contributed by atoms with Gasteiger partial charge in [-0.3, -0.25) is 9.59 Å². The Morgan fingerprint density at radius 2 is 1.79 bits per heavy atom. The van der Waals surface area contributed by atoms with Gasteiger partial charge in [-0.2, -0.15) is 0 Å². The van der Waals surface area contributed by atoms with Gasteiger partial charge in [0.25, 0.3) is 0 Å². The molecular formula is C36H35ClIN10O7S-. The summed E-state index contributed by atoms with van der Waals surface area (Å²) in [4.78, 5) is 94.9. The Hall–Kier alpha value is -5.25. The number of rotatable bonds is 11. The Morgan fingerprint density at radius 1 is 1.02 bits per heavy atom. The maximum absolute atomic E-state index is 13.4. The number of aryl methyl sites for hydroxylation is 2. The molecule has 2 fully saturated rings. The van der Waals surface area contributed by atoms with Crippen molar-refractivity contribution in [2.75, 3.05) is 55.4 Å². The standard InChI is InChI=1S/C36H35ClIN10O7S/c1-19-6-4-8-22(37)31(19)43-32(51)25-17-39-36(56-25)42-26-16-27(41-20(2)40-26)46-12-14-47(15-13-46)38-44-28(49)18-55-24-9-5-7-21-30(24)35(54)48(33(21)52)23-10-11-29(50)45(3)34(23)53/h4-9,16-17,23H,10-15,18H2,1-3H3,(H,43,51)(H,44,49)(H,39,40,41,42)/q-1. The van der Waals surface area contributed by atoms with E-state index < -0.39 is 45.5 Å². The maximum atomic E-state index is 13.4. The number of piperidine rings is 1. The van der Waals surface area contributed by atoms with Crippen molar-refractivity contribution in [3.8, 4) is 5.75 Å². The zero-order chi connectivity index (χ0) is 39.7. The van der Waals surface area contributed by atoms with Crippen LogP contribution in [-0.2, 0) is 14.4 Å². The van der Waals surface area contributed by atoms with Crippen LogP contribution in [0.25, 0.3) is 0 Å². The first-order valence-corrected chi connectivity index (χ1v) is 20.6. The SMILES string of the molecule is Cc1nc(Nc2ncc(C(=O)Nc3c(C)cccc3Cl)s2)cc(N2CCN([I-]NC(=O)COc3cccc4c3C(=O)N(C3CCC(=O)N(C)C3=O)C4=O)CC2)n1. The van der Waals surface area contributed by atoms with Gasteiger partial charge >= 0.3 is 275 Å². The van der Waals surface area contributed by atoms with Crippen molar-refractivity contribution in [1.82, 2.24) is 31.4 Å². The van der Waals surface area contributed by atoms with Crippen LogP contribution in [0.2, 0.25) is 5.02 Å². The number of anilines is 4. The van der Waals surface area contributed by atoms with Crippen LogP contribution in [0, 0.1) is 13.8 Å². The monoisotopic (exact) mass is 913 g/mol. The third-order valence-corrected chi connectivity index (χ3v) is 13.0. The Bertz CT molecular complexity index is 2250. The zero-order valence-corrected chi connectivity index (χ0v) is 34.0. The minimum atomic E-state index is -1.09. The van der Waals surface area contributed by atoms with Crippen LogP contribution in [0.1, 0.15) is 54.6 Å². The number of hydrogen-bond donors (Lipinski definition) is 3. The molecule has 56 heavy (non-hydrogen) atoms. The van der Waals surface area contributed by atoms with E-state index in [9.17, 15) is 28.8 Å². The molecule has 7 rings (SSSR count). The number of likely N-dealkylation sites (tertiary alicyclic amines) is 1. The number of benzene rings is 2. The summed E-state index contributed by atoms with van der Waals surface area (Å²) >= 11 is 6.56. The Balaban J connectivity index is 0.888. The van der Waals surface area contributed by atoms with Crippen LogP contribution in [0.3, 0.4) is 0 Å². The van der Waals surface area contributed by atoms with E-state index in [4.69, 9.17) is 16.3 Å². The predicted octanol–water partition coefficient (Wildman–Crippen LogP) is 0.179. The fourth-order valence-corrected chi connectivity index (χ4v) is 9.04. The molecule has 1 atom stereocenters. The summed E-state index contributed by atoms with van der Waals surface area (Å²) in [5.74, 6) is -1.14. The van der Waals surface area contributed by atoms with E-state index in [-0.39, 0.29) is 54.0 Å². The summed E-state index contributed by atoms with van der Waals surface area (Å²) in [6, 6.07) is 10.7. The second-order valence-corrected chi connectivity index (χ2v) is 16.8. The summed E-state index contributed by atoms with van der Waals surface area (Å²) in [6.07, 6.45) is 1.57. The molecule has 2 saturated heterocycles. The molecule has 0 aliphatic carbocycles. The van der Waals surface area contributed by atoms with E-state index in [0.29, 0.717) is 58.5 Å². The van der Waals surface area contributed by atoms with Gasteiger partial charge in [0.1, 0.15) is 0 Å². The molecule has 20 heteroatoms. The number of carbonyl (C=O) groups excluding carboxylic acids is 6. The van der Waals surface area contributed by atoms with Crippen molar-refractivity contribution in [3.63, 3.8) is 0 Å². The average molecular weight is 914 g/mol. The number of ether oxygens (including phenoxy) is 1. The Kier molecular flexibility index (Phi) is 11.5. The van der Waals surface area contributed by atoms with Gasteiger partial charge < -0.3 is 5.32 Å². The summed E-state index contributed by atoms with van der Waals surface area (Å²) in [5, 5.41) is 6.99. The van der Waals surface area contributed by atoms with E-state index in [2.05, 4.69) is 37.1 Å². The fourth-order valence-electron chi connectivity index (χ4n) is 6.38. The first-order chi connectivity index (χ1) is 26.9. The van der Waals surface area contributed by atoms with Crippen LogP contribution in [-0.4, -0.2) is 109 Å². The molecule has 0 saturated carbocycles. The molecule has 1 unspecified atom stereocenters. The predicted molar refractivity (Wildman–Crippen MR) is 201 cm³/mol. The van der Waals surface area contributed by atoms with Gasteiger partial charge in [-0.05, 0) is 18.6 Å². The third kappa shape index (κ3) is 8.15.